The maximum Gasteiger partial charge on any atom is 0.313 e. The Morgan fingerprint density at radius 1 is 1.42 bits per heavy atom. The zero-order valence-corrected chi connectivity index (χ0v) is 11.7. The van der Waals surface area contributed by atoms with Gasteiger partial charge in [-0.25, -0.2) is 0 Å². The Balaban J connectivity index is 2.21. The Labute approximate surface area is 118 Å². The van der Waals surface area contributed by atoms with Crippen molar-refractivity contribution in [3.05, 3.63) is 46.9 Å². The van der Waals surface area contributed by atoms with Crippen molar-refractivity contribution in [1.29, 1.82) is 0 Å². The average Bonchev–Trinajstić information content (AvgIpc) is 2.75. The zero-order chi connectivity index (χ0) is 14.0. The van der Waals surface area contributed by atoms with Crippen LogP contribution in [0.1, 0.15) is 17.5 Å². The fourth-order valence-electron chi connectivity index (χ4n) is 1.94. The van der Waals surface area contributed by atoms with E-state index in [4.69, 9.17) is 4.42 Å². The normalized spacial score (nSPS) is 25.3. The summed E-state index contributed by atoms with van der Waals surface area (Å²) in [6.45, 7) is 1.65. The molecule has 1 aromatic heterocycles. The highest BCUT2D eigenvalue weighted by molar-refractivity contribution is 9.10. The lowest BCUT2D eigenvalue weighted by atomic mass is 9.82. The molecule has 6 heteroatoms. The third-order valence-corrected chi connectivity index (χ3v) is 3.38. The van der Waals surface area contributed by atoms with Gasteiger partial charge in [-0.2, -0.15) is 0 Å². The quantitative estimate of drug-likeness (QED) is 0.894. The number of nitrogens with one attached hydrogen (secondary N) is 1. The molecule has 0 saturated heterocycles. The number of carboxylic acid groups (broad SMARTS) is 1. The molecule has 1 aliphatic rings. The number of hydrogen-bond acceptors (Lipinski definition) is 3. The van der Waals surface area contributed by atoms with Crippen LogP contribution in [0.4, 0.5) is 0 Å². The van der Waals surface area contributed by atoms with E-state index >= 15 is 0 Å². The Morgan fingerprint density at radius 3 is 2.74 bits per heavy atom. The second-order valence-corrected chi connectivity index (χ2v) is 5.18. The fourth-order valence-corrected chi connectivity index (χ4v) is 2.24. The fraction of sp³-hybridized carbons (Fsp3) is 0.231. The molecule has 0 saturated carbocycles. The number of rotatable bonds is 3. The number of carbonyl (C=O) groups is 2. The van der Waals surface area contributed by atoms with Gasteiger partial charge in [-0.3, -0.25) is 9.59 Å². The summed E-state index contributed by atoms with van der Waals surface area (Å²) in [5.74, 6) is -2.15. The number of furan rings is 1. The summed E-state index contributed by atoms with van der Waals surface area (Å²) in [5.41, 5.74) is -0.989. The lowest BCUT2D eigenvalue weighted by molar-refractivity contribution is -0.141. The molecule has 1 heterocycles. The van der Waals surface area contributed by atoms with Gasteiger partial charge < -0.3 is 14.8 Å². The van der Waals surface area contributed by atoms with Gasteiger partial charge in [0.05, 0.1) is 5.54 Å². The van der Waals surface area contributed by atoms with Crippen LogP contribution in [0, 0.1) is 5.92 Å². The molecule has 0 spiro atoms. The molecule has 19 heavy (non-hydrogen) atoms. The van der Waals surface area contributed by atoms with Crippen LogP contribution in [0.15, 0.2) is 45.5 Å². The van der Waals surface area contributed by atoms with Crippen LogP contribution < -0.4 is 5.32 Å². The lowest BCUT2D eigenvalue weighted by Gasteiger charge is -2.33. The molecule has 2 atom stereocenters. The molecule has 0 aliphatic heterocycles. The van der Waals surface area contributed by atoms with E-state index in [2.05, 4.69) is 21.2 Å². The predicted molar refractivity (Wildman–Crippen MR) is 71.7 cm³/mol. The third-order valence-electron chi connectivity index (χ3n) is 2.95. The summed E-state index contributed by atoms with van der Waals surface area (Å²) in [5, 5.41) is 11.9. The maximum atomic E-state index is 12.0. The molecule has 0 bridgehead atoms. The highest BCUT2D eigenvalue weighted by Gasteiger charge is 2.38. The lowest BCUT2D eigenvalue weighted by Crippen LogP contribution is -2.52. The Morgan fingerprint density at radius 2 is 2.16 bits per heavy atom. The van der Waals surface area contributed by atoms with E-state index in [1.165, 1.54) is 6.07 Å². The van der Waals surface area contributed by atoms with Crippen LogP contribution in [0.3, 0.4) is 0 Å². The molecule has 1 aromatic rings. The molecule has 0 fully saturated rings. The summed E-state index contributed by atoms with van der Waals surface area (Å²) >= 11 is 3.11. The van der Waals surface area contributed by atoms with Crippen LogP contribution in [0.2, 0.25) is 0 Å². The second-order valence-electron chi connectivity index (χ2n) is 4.40. The van der Waals surface area contributed by atoms with Crippen molar-refractivity contribution < 1.29 is 19.1 Å². The molecule has 2 rings (SSSR count). The average molecular weight is 326 g/mol. The zero-order valence-electron chi connectivity index (χ0n) is 10.1. The van der Waals surface area contributed by atoms with Crippen molar-refractivity contribution in [2.24, 2.45) is 5.92 Å². The summed E-state index contributed by atoms with van der Waals surface area (Å²) in [7, 11) is 0. The summed E-state index contributed by atoms with van der Waals surface area (Å²) in [6.07, 6.45) is 6.55. The molecule has 5 nitrogen and oxygen atoms in total. The van der Waals surface area contributed by atoms with E-state index in [0.29, 0.717) is 4.67 Å². The van der Waals surface area contributed by atoms with Crippen molar-refractivity contribution in [3.63, 3.8) is 0 Å². The largest absolute Gasteiger partial charge is 0.481 e. The number of hydrogen-bond donors (Lipinski definition) is 2. The second kappa shape index (κ2) is 5.05. The molecule has 2 N–H and O–H groups in total. The van der Waals surface area contributed by atoms with Crippen LogP contribution >= 0.6 is 15.9 Å². The number of carbonyl (C=O) groups excluding carboxylic acids is 1. The molecule has 100 valence electrons. The summed E-state index contributed by atoms with van der Waals surface area (Å²) in [6, 6.07) is 3.11. The van der Waals surface area contributed by atoms with E-state index in [1.54, 1.807) is 37.3 Å². The van der Waals surface area contributed by atoms with Gasteiger partial charge in [0.15, 0.2) is 10.4 Å². The summed E-state index contributed by atoms with van der Waals surface area (Å²) < 4.78 is 5.58. The van der Waals surface area contributed by atoms with Crippen LogP contribution in [-0.4, -0.2) is 22.5 Å². The highest BCUT2D eigenvalue weighted by atomic mass is 79.9. The monoisotopic (exact) mass is 325 g/mol. The minimum absolute atomic E-state index is 0.125. The van der Waals surface area contributed by atoms with Gasteiger partial charge in [-0.15, -0.1) is 0 Å². The summed E-state index contributed by atoms with van der Waals surface area (Å²) in [4.78, 5) is 23.2. The standard InChI is InChI=1S/C13H12BrNO4/c1-13(7-3-2-4-8(13)12(17)18)15-11(16)9-5-6-10(14)19-9/h2-8H,1H3,(H,15,16)(H,17,18). The first-order chi connectivity index (χ1) is 8.92. The highest BCUT2D eigenvalue weighted by Crippen LogP contribution is 2.25. The van der Waals surface area contributed by atoms with Gasteiger partial charge in [0.1, 0.15) is 5.92 Å². The molecule has 1 amide bonds. The topological polar surface area (TPSA) is 79.5 Å². The Kier molecular flexibility index (Phi) is 3.61. The molecule has 0 aromatic carbocycles. The predicted octanol–water partition coefficient (Wildman–Crippen LogP) is 2.36. The molecular weight excluding hydrogens is 314 g/mol. The first kappa shape index (κ1) is 13.6. The van der Waals surface area contributed by atoms with Gasteiger partial charge >= 0.3 is 5.97 Å². The molecule has 1 aliphatic carbocycles. The molecular formula is C13H12BrNO4. The Bertz CT molecular complexity index is 575. The molecule has 0 radical (unpaired) electrons. The first-order valence-corrected chi connectivity index (χ1v) is 6.38. The van der Waals surface area contributed by atoms with Crippen LogP contribution in [0.5, 0.6) is 0 Å². The van der Waals surface area contributed by atoms with Gasteiger partial charge in [0.2, 0.25) is 0 Å². The van der Waals surface area contributed by atoms with Crippen molar-refractivity contribution in [1.82, 2.24) is 5.32 Å². The van der Waals surface area contributed by atoms with Crippen LogP contribution in [-0.2, 0) is 4.79 Å². The number of amides is 1. The Hall–Kier alpha value is -1.82. The van der Waals surface area contributed by atoms with Gasteiger partial charge in [0.25, 0.3) is 5.91 Å². The number of carboxylic acids is 1. The van der Waals surface area contributed by atoms with E-state index in [1.807, 2.05) is 0 Å². The van der Waals surface area contributed by atoms with Gasteiger partial charge in [-0.05, 0) is 35.0 Å². The van der Waals surface area contributed by atoms with E-state index in [0.717, 1.165) is 0 Å². The van der Waals surface area contributed by atoms with E-state index < -0.39 is 23.3 Å². The SMILES string of the molecule is CC1(NC(=O)c2ccc(Br)o2)C=CC=CC1C(=O)O. The minimum atomic E-state index is -0.996. The van der Waals surface area contributed by atoms with Gasteiger partial charge in [-0.1, -0.05) is 24.3 Å². The minimum Gasteiger partial charge on any atom is -0.481 e. The number of allylic oxidation sites excluding steroid dienone is 2. The van der Waals surface area contributed by atoms with Gasteiger partial charge in [0, 0.05) is 0 Å². The smallest absolute Gasteiger partial charge is 0.313 e. The third kappa shape index (κ3) is 2.78. The van der Waals surface area contributed by atoms with E-state index in [9.17, 15) is 14.7 Å². The molecule has 2 unspecified atom stereocenters. The number of halogens is 1. The number of aliphatic carboxylic acids is 1. The maximum absolute atomic E-state index is 12.0. The van der Waals surface area contributed by atoms with Crippen molar-refractivity contribution >= 4 is 27.8 Å². The van der Waals surface area contributed by atoms with Crippen molar-refractivity contribution in [2.45, 2.75) is 12.5 Å². The van der Waals surface area contributed by atoms with Crippen molar-refractivity contribution in [3.8, 4) is 0 Å². The van der Waals surface area contributed by atoms with Crippen molar-refractivity contribution in [2.75, 3.05) is 0 Å². The van der Waals surface area contributed by atoms with E-state index in [-0.39, 0.29) is 5.76 Å². The first-order valence-electron chi connectivity index (χ1n) is 5.59. The van der Waals surface area contributed by atoms with Crippen LogP contribution in [0.25, 0.3) is 0 Å².